The maximum Gasteiger partial charge on any atom is 0.416 e. The number of hydrogen-bond acceptors (Lipinski definition) is 4. The van der Waals surface area contributed by atoms with Gasteiger partial charge in [0.1, 0.15) is 6.04 Å². The van der Waals surface area contributed by atoms with Gasteiger partial charge in [0.15, 0.2) is 0 Å². The first-order valence-electron chi connectivity index (χ1n) is 6.63. The molecule has 1 amide bonds. The van der Waals surface area contributed by atoms with E-state index in [9.17, 15) is 22.8 Å². The molecule has 0 radical (unpaired) electrons. The number of methoxy groups -OCH3 is 1. The van der Waals surface area contributed by atoms with Gasteiger partial charge in [-0.3, -0.25) is 4.79 Å². The SMILES string of the molecule is COC(=O)[C@H](NC(=O)c1ccc(C(F)(F)F)cc1)[C@H](C)CC#N. The zero-order chi connectivity index (χ0) is 17.6. The number of halogens is 3. The molecule has 0 aliphatic carbocycles. The van der Waals surface area contributed by atoms with E-state index in [0.717, 1.165) is 31.4 Å². The number of esters is 1. The summed E-state index contributed by atoms with van der Waals surface area (Å²) in [5.74, 6) is -1.96. The third-order valence-corrected chi connectivity index (χ3v) is 3.20. The molecule has 1 aromatic carbocycles. The van der Waals surface area contributed by atoms with E-state index in [4.69, 9.17) is 5.26 Å². The maximum absolute atomic E-state index is 12.5. The Hall–Kier alpha value is -2.56. The number of nitriles is 1. The van der Waals surface area contributed by atoms with Gasteiger partial charge in [0.25, 0.3) is 5.91 Å². The number of ether oxygens (including phenoxy) is 1. The highest BCUT2D eigenvalue weighted by Crippen LogP contribution is 2.29. The lowest BCUT2D eigenvalue weighted by molar-refractivity contribution is -0.144. The Bertz CT molecular complexity index is 606. The molecule has 0 saturated heterocycles. The van der Waals surface area contributed by atoms with Crippen molar-refractivity contribution in [2.24, 2.45) is 5.92 Å². The minimum Gasteiger partial charge on any atom is -0.467 e. The van der Waals surface area contributed by atoms with Crippen LogP contribution in [0.4, 0.5) is 13.2 Å². The average Bonchev–Trinajstić information content (AvgIpc) is 2.51. The predicted molar refractivity (Wildman–Crippen MR) is 74.1 cm³/mol. The van der Waals surface area contributed by atoms with Crippen molar-refractivity contribution in [3.8, 4) is 6.07 Å². The number of alkyl halides is 3. The number of benzene rings is 1. The third kappa shape index (κ3) is 4.98. The molecule has 124 valence electrons. The van der Waals surface area contributed by atoms with Crippen molar-refractivity contribution in [3.05, 3.63) is 35.4 Å². The van der Waals surface area contributed by atoms with Crippen LogP contribution in [0.3, 0.4) is 0 Å². The largest absolute Gasteiger partial charge is 0.467 e. The van der Waals surface area contributed by atoms with Crippen LogP contribution in [0.5, 0.6) is 0 Å². The third-order valence-electron chi connectivity index (χ3n) is 3.20. The van der Waals surface area contributed by atoms with Crippen molar-refractivity contribution in [2.45, 2.75) is 25.6 Å². The van der Waals surface area contributed by atoms with E-state index < -0.39 is 35.6 Å². The van der Waals surface area contributed by atoms with Crippen molar-refractivity contribution >= 4 is 11.9 Å². The van der Waals surface area contributed by atoms with Crippen LogP contribution in [0.25, 0.3) is 0 Å². The van der Waals surface area contributed by atoms with Crippen LogP contribution in [0, 0.1) is 17.2 Å². The molecule has 1 rings (SSSR count). The molecule has 23 heavy (non-hydrogen) atoms. The van der Waals surface area contributed by atoms with Crippen LogP contribution in [0.2, 0.25) is 0 Å². The molecule has 8 heteroatoms. The molecule has 5 nitrogen and oxygen atoms in total. The second-order valence-electron chi connectivity index (χ2n) is 4.89. The summed E-state index contributed by atoms with van der Waals surface area (Å²) in [5.41, 5.74) is -0.910. The van der Waals surface area contributed by atoms with Gasteiger partial charge < -0.3 is 10.1 Å². The molecule has 0 fully saturated rings. The van der Waals surface area contributed by atoms with Crippen LogP contribution >= 0.6 is 0 Å². The Labute approximate surface area is 131 Å². The van der Waals surface area contributed by atoms with Crippen molar-refractivity contribution in [2.75, 3.05) is 7.11 Å². The summed E-state index contributed by atoms with van der Waals surface area (Å²) in [5, 5.41) is 11.1. The van der Waals surface area contributed by atoms with Crippen LogP contribution in [-0.2, 0) is 15.7 Å². The van der Waals surface area contributed by atoms with Crippen molar-refractivity contribution < 1.29 is 27.5 Å². The molecule has 0 aromatic heterocycles. The van der Waals surface area contributed by atoms with Gasteiger partial charge >= 0.3 is 12.1 Å². The molecular weight excluding hydrogens is 313 g/mol. The first-order valence-corrected chi connectivity index (χ1v) is 6.63. The van der Waals surface area contributed by atoms with Gasteiger partial charge in [0.2, 0.25) is 0 Å². The summed E-state index contributed by atoms with van der Waals surface area (Å²) in [6, 6.07) is 4.41. The number of amides is 1. The molecule has 0 heterocycles. The number of nitrogens with zero attached hydrogens (tertiary/aromatic N) is 1. The molecule has 0 spiro atoms. The van der Waals surface area contributed by atoms with Crippen molar-refractivity contribution in [1.82, 2.24) is 5.32 Å². The van der Waals surface area contributed by atoms with Crippen LogP contribution in [0.1, 0.15) is 29.3 Å². The van der Waals surface area contributed by atoms with E-state index in [1.807, 2.05) is 6.07 Å². The Balaban J connectivity index is 2.90. The lowest BCUT2D eigenvalue weighted by Gasteiger charge is -2.21. The Morgan fingerprint density at radius 2 is 1.87 bits per heavy atom. The highest BCUT2D eigenvalue weighted by Gasteiger charge is 2.31. The molecule has 0 unspecified atom stereocenters. The number of hydrogen-bond donors (Lipinski definition) is 1. The van der Waals surface area contributed by atoms with E-state index in [0.29, 0.717) is 0 Å². The highest BCUT2D eigenvalue weighted by molar-refractivity contribution is 5.96. The van der Waals surface area contributed by atoms with Gasteiger partial charge in [0, 0.05) is 17.9 Å². The monoisotopic (exact) mass is 328 g/mol. The fourth-order valence-corrected chi connectivity index (χ4v) is 1.86. The number of rotatable bonds is 5. The summed E-state index contributed by atoms with van der Waals surface area (Å²) >= 11 is 0. The van der Waals surface area contributed by atoms with Gasteiger partial charge in [0.05, 0.1) is 18.7 Å². The second-order valence-corrected chi connectivity index (χ2v) is 4.89. The Kier molecular flexibility index (Phi) is 6.13. The first kappa shape index (κ1) is 18.5. The second kappa shape index (κ2) is 7.63. The molecule has 1 aromatic rings. The van der Waals surface area contributed by atoms with Crippen molar-refractivity contribution in [1.29, 1.82) is 5.26 Å². The van der Waals surface area contributed by atoms with Crippen LogP contribution in [-0.4, -0.2) is 25.0 Å². The normalized spacial score (nSPS) is 13.6. The van der Waals surface area contributed by atoms with Crippen LogP contribution in [0.15, 0.2) is 24.3 Å². The summed E-state index contributed by atoms with van der Waals surface area (Å²) in [7, 11) is 1.14. The maximum atomic E-state index is 12.5. The lowest BCUT2D eigenvalue weighted by atomic mass is 9.98. The minimum atomic E-state index is -4.50. The van der Waals surface area contributed by atoms with E-state index in [2.05, 4.69) is 10.1 Å². The number of carbonyl (C=O) groups is 2. The standard InChI is InChI=1S/C15H15F3N2O3/c1-9(7-8-19)12(14(22)23-2)20-13(21)10-3-5-11(6-4-10)15(16,17)18/h3-6,9,12H,7H2,1-2H3,(H,20,21)/t9-,12-/m1/s1. The predicted octanol–water partition coefficient (Wildman–Crippen LogP) is 2.53. The quantitative estimate of drug-likeness (QED) is 0.843. The number of nitrogens with one attached hydrogen (secondary N) is 1. The summed E-state index contributed by atoms with van der Waals surface area (Å²) in [4.78, 5) is 23.7. The molecule has 0 aliphatic rings. The molecule has 2 atom stereocenters. The first-order chi connectivity index (χ1) is 10.7. The molecule has 0 saturated carbocycles. The fraction of sp³-hybridized carbons (Fsp3) is 0.400. The Morgan fingerprint density at radius 3 is 2.30 bits per heavy atom. The summed E-state index contributed by atoms with van der Waals surface area (Å²) in [6.45, 7) is 1.58. The van der Waals surface area contributed by atoms with E-state index in [1.165, 1.54) is 0 Å². The highest BCUT2D eigenvalue weighted by atomic mass is 19.4. The van der Waals surface area contributed by atoms with E-state index in [-0.39, 0.29) is 12.0 Å². The van der Waals surface area contributed by atoms with Gasteiger partial charge in [-0.25, -0.2) is 4.79 Å². The summed E-state index contributed by atoms with van der Waals surface area (Å²) in [6.07, 6.45) is -4.49. The van der Waals surface area contributed by atoms with E-state index in [1.54, 1.807) is 6.92 Å². The smallest absolute Gasteiger partial charge is 0.416 e. The van der Waals surface area contributed by atoms with Crippen LogP contribution < -0.4 is 5.32 Å². The Morgan fingerprint density at radius 1 is 1.30 bits per heavy atom. The van der Waals surface area contributed by atoms with E-state index >= 15 is 0 Å². The average molecular weight is 328 g/mol. The molecule has 0 bridgehead atoms. The molecule has 0 aliphatic heterocycles. The van der Waals surface area contributed by atoms with Gasteiger partial charge in [-0.15, -0.1) is 0 Å². The fourth-order valence-electron chi connectivity index (χ4n) is 1.86. The summed E-state index contributed by atoms with van der Waals surface area (Å²) < 4.78 is 42.0. The molecular formula is C15H15F3N2O3. The minimum absolute atomic E-state index is 0.00700. The number of carbonyl (C=O) groups excluding carboxylic acids is 2. The zero-order valence-electron chi connectivity index (χ0n) is 12.5. The van der Waals surface area contributed by atoms with Crippen molar-refractivity contribution in [3.63, 3.8) is 0 Å². The van der Waals surface area contributed by atoms with Gasteiger partial charge in [-0.1, -0.05) is 6.92 Å². The molecule has 1 N–H and O–H groups in total. The van der Waals surface area contributed by atoms with Gasteiger partial charge in [-0.2, -0.15) is 18.4 Å². The lowest BCUT2D eigenvalue weighted by Crippen LogP contribution is -2.45. The van der Waals surface area contributed by atoms with Gasteiger partial charge in [-0.05, 0) is 24.3 Å². The topological polar surface area (TPSA) is 79.2 Å². The zero-order valence-corrected chi connectivity index (χ0v) is 12.5.